The summed E-state index contributed by atoms with van der Waals surface area (Å²) in [5.74, 6) is 0.917. The molecular formula is C22H31N3O2S. The van der Waals surface area contributed by atoms with Crippen molar-refractivity contribution in [2.75, 3.05) is 33.9 Å². The monoisotopic (exact) mass is 401 g/mol. The van der Waals surface area contributed by atoms with E-state index in [1.165, 1.54) is 16.0 Å². The van der Waals surface area contributed by atoms with Crippen molar-refractivity contribution in [1.29, 1.82) is 0 Å². The van der Waals surface area contributed by atoms with Gasteiger partial charge in [0.1, 0.15) is 0 Å². The van der Waals surface area contributed by atoms with E-state index >= 15 is 0 Å². The Hall–Kier alpha value is -1.89. The highest BCUT2D eigenvalue weighted by molar-refractivity contribution is 7.09. The van der Waals surface area contributed by atoms with Crippen LogP contribution in [0, 0.1) is 0 Å². The number of hydrogen-bond acceptors (Lipinski definition) is 4. The number of guanidine groups is 1. The fourth-order valence-corrected chi connectivity index (χ4v) is 3.99. The van der Waals surface area contributed by atoms with Gasteiger partial charge in [-0.05, 0) is 41.8 Å². The first-order valence-corrected chi connectivity index (χ1v) is 10.8. The second-order valence-corrected chi connectivity index (χ2v) is 8.13. The molecule has 0 unspecified atom stereocenters. The third-order valence-corrected chi connectivity index (χ3v) is 5.88. The van der Waals surface area contributed by atoms with Gasteiger partial charge in [0.15, 0.2) is 5.96 Å². The molecule has 1 aliphatic rings. The van der Waals surface area contributed by atoms with Crippen LogP contribution in [0.25, 0.3) is 0 Å². The summed E-state index contributed by atoms with van der Waals surface area (Å²) in [6, 6.07) is 12.9. The van der Waals surface area contributed by atoms with Crippen LogP contribution in [-0.2, 0) is 29.0 Å². The van der Waals surface area contributed by atoms with E-state index in [1.807, 2.05) is 7.05 Å². The number of nitrogens with one attached hydrogen (secondary N) is 1. The first-order valence-electron chi connectivity index (χ1n) is 9.96. The summed E-state index contributed by atoms with van der Waals surface area (Å²) in [6.45, 7) is 3.98. The summed E-state index contributed by atoms with van der Waals surface area (Å²) in [4.78, 5) is 8.00. The van der Waals surface area contributed by atoms with Crippen molar-refractivity contribution in [1.82, 2.24) is 10.2 Å². The highest BCUT2D eigenvalue weighted by atomic mass is 32.1. The third-order valence-electron chi connectivity index (χ3n) is 4.94. The number of benzene rings is 1. The maximum atomic E-state index is 6.04. The molecule has 0 aliphatic carbocycles. The van der Waals surface area contributed by atoms with E-state index in [0.717, 1.165) is 51.5 Å². The zero-order valence-electron chi connectivity index (χ0n) is 16.9. The van der Waals surface area contributed by atoms with Gasteiger partial charge in [-0.2, -0.15) is 0 Å². The first-order chi connectivity index (χ1) is 13.7. The molecule has 0 bridgehead atoms. The van der Waals surface area contributed by atoms with E-state index in [0.29, 0.717) is 12.7 Å². The Kier molecular flexibility index (Phi) is 8.33. The van der Waals surface area contributed by atoms with Crippen molar-refractivity contribution >= 4 is 17.3 Å². The molecular weight excluding hydrogens is 370 g/mol. The molecule has 1 saturated heterocycles. The van der Waals surface area contributed by atoms with Crippen LogP contribution in [0.5, 0.6) is 0 Å². The molecule has 2 heterocycles. The first kappa shape index (κ1) is 20.8. The Bertz CT molecular complexity index is 727. The molecule has 1 aromatic heterocycles. The van der Waals surface area contributed by atoms with Crippen LogP contribution in [0.15, 0.2) is 46.8 Å². The minimum absolute atomic E-state index is 0.325. The summed E-state index contributed by atoms with van der Waals surface area (Å²) < 4.78 is 11.4. The SMILES string of the molecule is CN=C(NCc1cccc(COC2CCOCC2)c1)N(C)CCc1cccs1. The molecule has 1 aliphatic heterocycles. The summed E-state index contributed by atoms with van der Waals surface area (Å²) >= 11 is 1.81. The number of ether oxygens (including phenoxy) is 2. The van der Waals surface area contributed by atoms with Crippen LogP contribution in [0.3, 0.4) is 0 Å². The number of aliphatic imine (C=N–C) groups is 1. The maximum Gasteiger partial charge on any atom is 0.193 e. The smallest absolute Gasteiger partial charge is 0.193 e. The predicted molar refractivity (Wildman–Crippen MR) is 116 cm³/mol. The molecule has 28 heavy (non-hydrogen) atoms. The quantitative estimate of drug-likeness (QED) is 0.541. The van der Waals surface area contributed by atoms with Crippen LogP contribution >= 0.6 is 11.3 Å². The van der Waals surface area contributed by atoms with Gasteiger partial charge in [-0.3, -0.25) is 4.99 Å². The second kappa shape index (κ2) is 11.2. The van der Waals surface area contributed by atoms with Crippen LogP contribution < -0.4 is 5.32 Å². The lowest BCUT2D eigenvalue weighted by molar-refractivity contribution is -0.0390. The van der Waals surface area contributed by atoms with Crippen molar-refractivity contribution in [3.8, 4) is 0 Å². The molecule has 0 saturated carbocycles. The predicted octanol–water partition coefficient (Wildman–Crippen LogP) is 3.69. The van der Waals surface area contributed by atoms with Gasteiger partial charge in [0.2, 0.25) is 0 Å². The largest absolute Gasteiger partial charge is 0.381 e. The van der Waals surface area contributed by atoms with E-state index in [2.05, 4.69) is 64.0 Å². The molecule has 152 valence electrons. The molecule has 1 aromatic carbocycles. The molecule has 5 nitrogen and oxygen atoms in total. The number of thiophene rings is 1. The zero-order valence-corrected chi connectivity index (χ0v) is 17.7. The van der Waals surface area contributed by atoms with E-state index < -0.39 is 0 Å². The third kappa shape index (κ3) is 6.62. The molecule has 2 aromatic rings. The molecule has 3 rings (SSSR count). The Labute approximate surface area is 172 Å². The van der Waals surface area contributed by atoms with E-state index in [4.69, 9.17) is 9.47 Å². The van der Waals surface area contributed by atoms with Crippen molar-refractivity contribution < 1.29 is 9.47 Å². The summed E-state index contributed by atoms with van der Waals surface area (Å²) in [5.41, 5.74) is 2.45. The average molecular weight is 402 g/mol. The maximum absolute atomic E-state index is 6.04. The van der Waals surface area contributed by atoms with Crippen LogP contribution in [0.1, 0.15) is 28.8 Å². The minimum Gasteiger partial charge on any atom is -0.381 e. The Morgan fingerprint density at radius 1 is 1.25 bits per heavy atom. The van der Waals surface area contributed by atoms with Crippen molar-refractivity contribution in [2.45, 2.75) is 38.5 Å². The second-order valence-electron chi connectivity index (χ2n) is 7.09. The van der Waals surface area contributed by atoms with Gasteiger partial charge < -0.3 is 19.7 Å². The highest BCUT2D eigenvalue weighted by Gasteiger charge is 2.14. The normalized spacial score (nSPS) is 15.6. The Morgan fingerprint density at radius 3 is 2.82 bits per heavy atom. The van der Waals surface area contributed by atoms with Gasteiger partial charge in [0.25, 0.3) is 0 Å². The lowest BCUT2D eigenvalue weighted by Gasteiger charge is -2.23. The Morgan fingerprint density at radius 2 is 2.07 bits per heavy atom. The van der Waals surface area contributed by atoms with Crippen LogP contribution in [0.4, 0.5) is 0 Å². The minimum atomic E-state index is 0.325. The number of hydrogen-bond donors (Lipinski definition) is 1. The van der Waals surface area contributed by atoms with Gasteiger partial charge >= 0.3 is 0 Å². The number of nitrogens with zero attached hydrogens (tertiary/aromatic N) is 2. The van der Waals surface area contributed by atoms with Gasteiger partial charge in [0.05, 0.1) is 12.7 Å². The van der Waals surface area contributed by atoms with Gasteiger partial charge in [0, 0.05) is 45.3 Å². The summed E-state index contributed by atoms with van der Waals surface area (Å²) in [7, 11) is 3.92. The lowest BCUT2D eigenvalue weighted by Crippen LogP contribution is -2.39. The average Bonchev–Trinajstić information content (AvgIpc) is 3.26. The number of rotatable bonds is 8. The molecule has 0 amide bonds. The lowest BCUT2D eigenvalue weighted by atomic mass is 10.1. The fourth-order valence-electron chi connectivity index (χ4n) is 3.29. The molecule has 0 atom stereocenters. The van der Waals surface area contributed by atoms with Crippen LogP contribution in [-0.4, -0.2) is 50.8 Å². The fraction of sp³-hybridized carbons (Fsp3) is 0.500. The van der Waals surface area contributed by atoms with Crippen molar-refractivity contribution in [2.24, 2.45) is 4.99 Å². The molecule has 1 fully saturated rings. The molecule has 0 spiro atoms. The van der Waals surface area contributed by atoms with Crippen molar-refractivity contribution in [3.63, 3.8) is 0 Å². The van der Waals surface area contributed by atoms with Gasteiger partial charge in [-0.15, -0.1) is 11.3 Å². The van der Waals surface area contributed by atoms with E-state index in [9.17, 15) is 0 Å². The summed E-state index contributed by atoms with van der Waals surface area (Å²) in [6.07, 6.45) is 3.35. The van der Waals surface area contributed by atoms with Crippen molar-refractivity contribution in [3.05, 3.63) is 57.8 Å². The summed E-state index contributed by atoms with van der Waals surface area (Å²) in [5, 5.41) is 5.60. The molecule has 6 heteroatoms. The molecule has 0 radical (unpaired) electrons. The zero-order chi connectivity index (χ0) is 19.6. The number of likely N-dealkylation sites (N-methyl/N-ethyl adjacent to an activating group) is 1. The van der Waals surface area contributed by atoms with Gasteiger partial charge in [-0.1, -0.05) is 30.3 Å². The standard InChI is InChI=1S/C22H31N3O2S/c1-23-22(25(2)11-8-21-7-4-14-28-21)24-16-18-5-3-6-19(15-18)17-27-20-9-12-26-13-10-20/h3-7,14-15,20H,8-13,16-17H2,1-2H3,(H,23,24). The highest BCUT2D eigenvalue weighted by Crippen LogP contribution is 2.14. The molecule has 1 N–H and O–H groups in total. The van der Waals surface area contributed by atoms with Gasteiger partial charge in [-0.25, -0.2) is 0 Å². The van der Waals surface area contributed by atoms with Crippen LogP contribution in [0.2, 0.25) is 0 Å². The topological polar surface area (TPSA) is 46.1 Å². The Balaban J connectivity index is 1.45. The van der Waals surface area contributed by atoms with E-state index in [1.54, 1.807) is 11.3 Å². The van der Waals surface area contributed by atoms with E-state index in [-0.39, 0.29) is 0 Å².